The van der Waals surface area contributed by atoms with E-state index < -0.39 is 17.7 Å². The molecule has 0 spiro atoms. The molecule has 4 rings (SSSR count). The molecule has 4 aromatic rings. The fraction of sp³-hybridized carbons (Fsp3) is 0.333. The Labute approximate surface area is 232 Å². The van der Waals surface area contributed by atoms with Gasteiger partial charge in [0.05, 0.1) is 13.2 Å². The molecule has 0 saturated heterocycles. The van der Waals surface area contributed by atoms with E-state index in [0.717, 1.165) is 44.7 Å². The van der Waals surface area contributed by atoms with Crippen LogP contribution < -0.4 is 32.0 Å². The van der Waals surface area contributed by atoms with E-state index in [4.69, 9.17) is 19.7 Å². The van der Waals surface area contributed by atoms with Gasteiger partial charge in [0.25, 0.3) is 0 Å². The first-order valence-corrected chi connectivity index (χ1v) is 13.3. The van der Waals surface area contributed by atoms with Crippen molar-refractivity contribution in [3.8, 4) is 22.6 Å². The number of benzene rings is 3. The lowest BCUT2D eigenvalue weighted by atomic mass is 9.96. The zero-order valence-corrected chi connectivity index (χ0v) is 23.0. The number of rotatable bonds is 13. The molecule has 1 unspecified atom stereocenters. The van der Waals surface area contributed by atoms with Gasteiger partial charge in [0.2, 0.25) is 0 Å². The Hall–Kier alpha value is -4.28. The summed E-state index contributed by atoms with van der Waals surface area (Å²) in [6, 6.07) is 19.0. The lowest BCUT2D eigenvalue weighted by Gasteiger charge is -2.17. The van der Waals surface area contributed by atoms with Gasteiger partial charge in [-0.25, -0.2) is 14.6 Å². The molecule has 212 valence electrons. The predicted octanol–water partition coefficient (Wildman–Crippen LogP) is 3.65. The standard InChI is InChI=1S/C30H36N4O6/c1-19(2)28(35)32-14-5-15-38-24-12-13-25(20(3)16-24)26-7-4-6-22(27(26)31)18-39-23-10-8-21(9-11-23)17-34-29(36)33-30(37)40-34/h4,6-13,16,19,28,32,35H,5,14-15,17-18,31H2,1-3H3,(H,33,36,37). The predicted molar refractivity (Wildman–Crippen MR) is 153 cm³/mol. The number of aromatic amines is 1. The average molecular weight is 549 g/mol. The molecule has 5 N–H and O–H groups in total. The highest BCUT2D eigenvalue weighted by Crippen LogP contribution is 2.33. The van der Waals surface area contributed by atoms with E-state index in [2.05, 4.69) is 10.3 Å². The van der Waals surface area contributed by atoms with Gasteiger partial charge >= 0.3 is 11.4 Å². The second kappa shape index (κ2) is 13.2. The smallest absolute Gasteiger partial charge is 0.440 e. The van der Waals surface area contributed by atoms with Crippen LogP contribution in [-0.2, 0) is 13.2 Å². The summed E-state index contributed by atoms with van der Waals surface area (Å²) in [5.74, 6) is 0.813. The number of ether oxygens (including phenoxy) is 2. The molecule has 0 amide bonds. The zero-order valence-electron chi connectivity index (χ0n) is 23.0. The molecule has 1 atom stereocenters. The minimum Gasteiger partial charge on any atom is -0.494 e. The van der Waals surface area contributed by atoms with E-state index in [-0.39, 0.29) is 19.1 Å². The molecular weight excluding hydrogens is 512 g/mol. The van der Waals surface area contributed by atoms with Crippen molar-refractivity contribution in [3.05, 3.63) is 98.4 Å². The third-order valence-corrected chi connectivity index (χ3v) is 6.53. The maximum Gasteiger partial charge on any atom is 0.440 e. The van der Waals surface area contributed by atoms with Gasteiger partial charge in [-0.1, -0.05) is 50.2 Å². The van der Waals surface area contributed by atoms with Gasteiger partial charge in [0.15, 0.2) is 0 Å². The third kappa shape index (κ3) is 7.43. The average Bonchev–Trinajstić information content (AvgIpc) is 3.24. The molecule has 1 aromatic heterocycles. The number of nitrogens with two attached hydrogens (primary N) is 1. The number of aromatic nitrogens is 2. The molecule has 0 aliphatic carbocycles. The van der Waals surface area contributed by atoms with Crippen LogP contribution in [0, 0.1) is 12.8 Å². The van der Waals surface area contributed by atoms with Crippen LogP contribution in [0.15, 0.2) is 74.8 Å². The second-order valence-corrected chi connectivity index (χ2v) is 9.98. The molecule has 0 aliphatic rings. The molecule has 0 radical (unpaired) electrons. The number of para-hydroxylation sites is 1. The second-order valence-electron chi connectivity index (χ2n) is 9.98. The van der Waals surface area contributed by atoms with Gasteiger partial charge in [-0.3, -0.25) is 5.32 Å². The SMILES string of the molecule is Cc1cc(OCCCNC(O)C(C)C)ccc1-c1cccc(COc2ccc(Cn3oc(=O)[nH]c3=O)cc2)c1N. The summed E-state index contributed by atoms with van der Waals surface area (Å²) < 4.78 is 17.6. The van der Waals surface area contributed by atoms with Gasteiger partial charge in [-0.15, -0.1) is 4.74 Å². The normalized spacial score (nSPS) is 12.0. The first kappa shape index (κ1) is 28.7. The van der Waals surface area contributed by atoms with Crippen LogP contribution in [0.2, 0.25) is 0 Å². The largest absolute Gasteiger partial charge is 0.494 e. The molecule has 10 heteroatoms. The number of hydrogen-bond acceptors (Lipinski definition) is 8. The van der Waals surface area contributed by atoms with Crippen LogP contribution in [-0.4, -0.2) is 34.2 Å². The van der Waals surface area contributed by atoms with Crippen molar-refractivity contribution in [2.45, 2.75) is 46.6 Å². The molecule has 0 saturated carbocycles. The monoisotopic (exact) mass is 548 g/mol. The Bertz CT molecular complexity index is 1520. The van der Waals surface area contributed by atoms with Crippen LogP contribution in [0.1, 0.15) is 37.0 Å². The summed E-state index contributed by atoms with van der Waals surface area (Å²) >= 11 is 0. The lowest BCUT2D eigenvalue weighted by molar-refractivity contribution is 0.0892. The van der Waals surface area contributed by atoms with E-state index in [9.17, 15) is 14.7 Å². The maximum atomic E-state index is 11.6. The molecule has 10 nitrogen and oxygen atoms in total. The van der Waals surface area contributed by atoms with Crippen LogP contribution in [0.25, 0.3) is 11.1 Å². The fourth-order valence-corrected chi connectivity index (χ4v) is 4.19. The van der Waals surface area contributed by atoms with E-state index in [1.54, 1.807) is 24.3 Å². The summed E-state index contributed by atoms with van der Waals surface area (Å²) in [4.78, 5) is 24.8. The van der Waals surface area contributed by atoms with Gasteiger partial charge in [-0.05, 0) is 60.2 Å². The lowest BCUT2D eigenvalue weighted by Crippen LogP contribution is -2.34. The number of nitrogens with zero attached hydrogens (tertiary/aromatic N) is 1. The van der Waals surface area contributed by atoms with Crippen molar-refractivity contribution in [1.82, 2.24) is 15.0 Å². The van der Waals surface area contributed by atoms with Crippen molar-refractivity contribution in [2.75, 3.05) is 18.9 Å². The van der Waals surface area contributed by atoms with Crippen molar-refractivity contribution in [2.24, 2.45) is 5.92 Å². The maximum absolute atomic E-state index is 11.6. The van der Waals surface area contributed by atoms with Crippen molar-refractivity contribution in [1.29, 1.82) is 0 Å². The highest BCUT2D eigenvalue weighted by atomic mass is 16.5. The van der Waals surface area contributed by atoms with Gasteiger partial charge in [-0.2, -0.15) is 0 Å². The minimum absolute atomic E-state index is 0.135. The number of aliphatic hydroxyl groups excluding tert-OH is 1. The number of nitrogens with one attached hydrogen (secondary N) is 2. The van der Waals surface area contributed by atoms with Crippen molar-refractivity contribution >= 4 is 5.69 Å². The number of aryl methyl sites for hydroxylation is 1. The molecule has 40 heavy (non-hydrogen) atoms. The molecular formula is C30H36N4O6. The van der Waals surface area contributed by atoms with Crippen LogP contribution in [0.3, 0.4) is 0 Å². The van der Waals surface area contributed by atoms with E-state index in [1.807, 2.05) is 57.2 Å². The Morgan fingerprint density at radius 2 is 1.77 bits per heavy atom. The van der Waals surface area contributed by atoms with Crippen molar-refractivity contribution < 1.29 is 19.1 Å². The Morgan fingerprint density at radius 1 is 1.02 bits per heavy atom. The van der Waals surface area contributed by atoms with E-state index >= 15 is 0 Å². The van der Waals surface area contributed by atoms with Gasteiger partial charge in [0.1, 0.15) is 24.3 Å². The zero-order chi connectivity index (χ0) is 28.6. The highest BCUT2D eigenvalue weighted by Gasteiger charge is 2.12. The quantitative estimate of drug-likeness (QED) is 0.113. The van der Waals surface area contributed by atoms with Crippen molar-refractivity contribution in [3.63, 3.8) is 0 Å². The molecule has 1 heterocycles. The van der Waals surface area contributed by atoms with Crippen LogP contribution in [0.4, 0.5) is 5.69 Å². The molecule has 3 aromatic carbocycles. The number of hydrogen-bond donors (Lipinski definition) is 4. The van der Waals surface area contributed by atoms with Gasteiger partial charge in [0, 0.05) is 23.4 Å². The summed E-state index contributed by atoms with van der Waals surface area (Å²) in [5, 5.41) is 12.9. The molecule has 0 aliphatic heterocycles. The number of H-pyrrole nitrogens is 1. The summed E-state index contributed by atoms with van der Waals surface area (Å²) in [6.07, 6.45) is 0.279. The van der Waals surface area contributed by atoms with Crippen LogP contribution >= 0.6 is 0 Å². The third-order valence-electron chi connectivity index (χ3n) is 6.53. The Morgan fingerprint density at radius 3 is 2.45 bits per heavy atom. The first-order valence-electron chi connectivity index (χ1n) is 13.3. The first-order chi connectivity index (χ1) is 19.2. The Kier molecular flexibility index (Phi) is 9.47. The number of nitrogen functional groups attached to an aromatic ring is 1. The highest BCUT2D eigenvalue weighted by molar-refractivity contribution is 5.80. The number of anilines is 1. The topological polar surface area (TPSA) is 145 Å². The minimum atomic E-state index is -0.785. The summed E-state index contributed by atoms with van der Waals surface area (Å²) in [6.45, 7) is 7.61. The fourth-order valence-electron chi connectivity index (χ4n) is 4.19. The number of aliphatic hydroxyl groups is 1. The summed E-state index contributed by atoms with van der Waals surface area (Å²) in [7, 11) is 0. The van der Waals surface area contributed by atoms with E-state index in [0.29, 0.717) is 24.6 Å². The molecule has 0 bridgehead atoms. The van der Waals surface area contributed by atoms with Crippen LogP contribution in [0.5, 0.6) is 11.5 Å². The summed E-state index contributed by atoms with van der Waals surface area (Å²) in [5.41, 5.74) is 11.2. The van der Waals surface area contributed by atoms with Gasteiger partial charge < -0.3 is 24.8 Å². The Balaban J connectivity index is 1.34. The van der Waals surface area contributed by atoms with E-state index in [1.165, 1.54) is 0 Å². The molecule has 0 fully saturated rings.